The van der Waals surface area contributed by atoms with Gasteiger partial charge in [-0.25, -0.2) is 13.4 Å². The molecule has 1 aromatic rings. The lowest BCUT2D eigenvalue weighted by atomic mass is 10.2. The molecule has 0 fully saturated rings. The summed E-state index contributed by atoms with van der Waals surface area (Å²) in [5, 5.41) is -0.123. The van der Waals surface area contributed by atoms with E-state index in [0.717, 1.165) is 0 Å². The van der Waals surface area contributed by atoms with E-state index < -0.39 is 22.0 Å². The van der Waals surface area contributed by atoms with Gasteiger partial charge < -0.3 is 4.74 Å². The molecule has 0 radical (unpaired) electrons. The summed E-state index contributed by atoms with van der Waals surface area (Å²) in [7, 11) is -2.58. The van der Waals surface area contributed by atoms with E-state index in [9.17, 15) is 13.2 Å². The molecule has 1 heterocycles. The lowest BCUT2D eigenvalue weighted by molar-refractivity contribution is -0.142. The van der Waals surface area contributed by atoms with Gasteiger partial charge in [0, 0.05) is 6.20 Å². The first-order valence-corrected chi connectivity index (χ1v) is 6.50. The van der Waals surface area contributed by atoms with Crippen LogP contribution in [0.25, 0.3) is 0 Å². The summed E-state index contributed by atoms with van der Waals surface area (Å²) < 4.78 is 30.4. The summed E-state index contributed by atoms with van der Waals surface area (Å²) >= 11 is 0. The Hall–Kier alpha value is -1.47. The molecule has 1 aromatic heterocycles. The van der Waals surface area contributed by atoms with Crippen molar-refractivity contribution in [1.82, 2.24) is 9.71 Å². The number of carbonyl (C=O) groups is 1. The van der Waals surface area contributed by atoms with E-state index in [1.165, 1.54) is 19.4 Å². The van der Waals surface area contributed by atoms with Crippen LogP contribution in [-0.2, 0) is 19.6 Å². The molecule has 0 spiro atoms. The molecular weight excluding hydrogens is 244 g/mol. The van der Waals surface area contributed by atoms with Gasteiger partial charge in [0.05, 0.1) is 7.11 Å². The summed E-state index contributed by atoms with van der Waals surface area (Å²) in [5.74, 6) is -0.619. The summed E-state index contributed by atoms with van der Waals surface area (Å²) in [6.07, 6.45) is 1.67. The largest absolute Gasteiger partial charge is 0.468 e. The van der Waals surface area contributed by atoms with Gasteiger partial charge in [0.15, 0.2) is 5.03 Å². The second-order valence-corrected chi connectivity index (χ2v) is 4.93. The van der Waals surface area contributed by atoms with Gasteiger partial charge in [-0.15, -0.1) is 0 Å². The highest BCUT2D eigenvalue weighted by atomic mass is 32.2. The number of nitrogens with zero attached hydrogens (tertiary/aromatic N) is 1. The van der Waals surface area contributed by atoms with Gasteiger partial charge in [0.1, 0.15) is 6.04 Å². The predicted octanol–water partition coefficient (Wildman–Crippen LogP) is 0.311. The number of esters is 1. The van der Waals surface area contributed by atoms with Gasteiger partial charge in [-0.3, -0.25) is 4.79 Å². The molecule has 1 N–H and O–H groups in total. The Morgan fingerprint density at radius 3 is 2.71 bits per heavy atom. The standard InChI is InChI=1S/C10H14N2O4S/c1-3-8(10(13)16-2)12-17(14,15)9-6-4-5-7-11-9/h4-8,12H,3H2,1-2H3/t8-/m0/s1. The van der Waals surface area contributed by atoms with E-state index in [1.54, 1.807) is 19.1 Å². The maximum Gasteiger partial charge on any atom is 0.323 e. The lowest BCUT2D eigenvalue weighted by Gasteiger charge is -2.14. The summed E-state index contributed by atoms with van der Waals surface area (Å²) in [6.45, 7) is 1.68. The van der Waals surface area contributed by atoms with E-state index in [0.29, 0.717) is 6.42 Å². The second kappa shape index (κ2) is 5.74. The van der Waals surface area contributed by atoms with Crippen molar-refractivity contribution >= 4 is 16.0 Å². The number of aromatic nitrogens is 1. The lowest BCUT2D eigenvalue weighted by Crippen LogP contribution is -2.41. The van der Waals surface area contributed by atoms with Gasteiger partial charge >= 0.3 is 5.97 Å². The van der Waals surface area contributed by atoms with Crippen molar-refractivity contribution in [3.63, 3.8) is 0 Å². The normalized spacial score (nSPS) is 13.1. The maximum atomic E-state index is 11.8. The fourth-order valence-electron chi connectivity index (χ4n) is 1.19. The van der Waals surface area contributed by atoms with Gasteiger partial charge in [-0.05, 0) is 18.6 Å². The minimum Gasteiger partial charge on any atom is -0.468 e. The number of methoxy groups -OCH3 is 1. The molecule has 1 rings (SSSR count). The van der Waals surface area contributed by atoms with Crippen LogP contribution in [0.3, 0.4) is 0 Å². The first-order valence-electron chi connectivity index (χ1n) is 5.02. The fourth-order valence-corrected chi connectivity index (χ4v) is 2.41. The zero-order chi connectivity index (χ0) is 12.9. The molecule has 0 aromatic carbocycles. The number of hydrogen-bond acceptors (Lipinski definition) is 5. The van der Waals surface area contributed by atoms with Crippen LogP contribution < -0.4 is 4.72 Å². The molecule has 0 aliphatic heterocycles. The van der Waals surface area contributed by atoms with Crippen molar-refractivity contribution < 1.29 is 17.9 Å². The molecule has 0 saturated carbocycles. The van der Waals surface area contributed by atoms with Crippen LogP contribution in [-0.4, -0.2) is 32.5 Å². The summed E-state index contributed by atoms with van der Waals surface area (Å²) in [6, 6.07) is 3.62. The monoisotopic (exact) mass is 258 g/mol. The van der Waals surface area contributed by atoms with Gasteiger partial charge in [0.2, 0.25) is 0 Å². The third kappa shape index (κ3) is 3.50. The van der Waals surface area contributed by atoms with Crippen LogP contribution in [0.5, 0.6) is 0 Å². The molecule has 7 heteroatoms. The smallest absolute Gasteiger partial charge is 0.323 e. The quantitative estimate of drug-likeness (QED) is 0.768. The Morgan fingerprint density at radius 2 is 2.24 bits per heavy atom. The van der Waals surface area contributed by atoms with Crippen LogP contribution in [0.15, 0.2) is 29.4 Å². The molecule has 0 saturated heterocycles. The highest BCUT2D eigenvalue weighted by molar-refractivity contribution is 7.89. The molecule has 17 heavy (non-hydrogen) atoms. The van der Waals surface area contributed by atoms with Crippen molar-refractivity contribution in [3.05, 3.63) is 24.4 Å². The zero-order valence-corrected chi connectivity index (χ0v) is 10.4. The van der Waals surface area contributed by atoms with Crippen molar-refractivity contribution in [2.75, 3.05) is 7.11 Å². The first kappa shape index (κ1) is 13.6. The SMILES string of the molecule is CC[C@H](NS(=O)(=O)c1ccccn1)C(=O)OC. The number of carbonyl (C=O) groups excluding carboxylic acids is 1. The number of nitrogens with one attached hydrogen (secondary N) is 1. The summed E-state index contributed by atoms with van der Waals surface area (Å²) in [5.41, 5.74) is 0. The number of hydrogen-bond donors (Lipinski definition) is 1. The zero-order valence-electron chi connectivity index (χ0n) is 9.58. The third-order valence-corrected chi connectivity index (χ3v) is 3.49. The third-order valence-electron chi connectivity index (χ3n) is 2.10. The molecule has 1 atom stereocenters. The van der Waals surface area contributed by atoms with E-state index in [1.807, 2.05) is 0 Å². The average Bonchev–Trinajstić information content (AvgIpc) is 2.36. The number of ether oxygens (including phenoxy) is 1. The number of pyridine rings is 1. The second-order valence-electron chi connectivity index (χ2n) is 3.27. The minimum atomic E-state index is -3.79. The van der Waals surface area contributed by atoms with Crippen LogP contribution in [0.1, 0.15) is 13.3 Å². The fraction of sp³-hybridized carbons (Fsp3) is 0.400. The Morgan fingerprint density at radius 1 is 1.53 bits per heavy atom. The molecular formula is C10H14N2O4S. The van der Waals surface area contributed by atoms with Crippen LogP contribution in [0.2, 0.25) is 0 Å². The van der Waals surface area contributed by atoms with Crippen molar-refractivity contribution in [2.45, 2.75) is 24.4 Å². The van der Waals surface area contributed by atoms with Crippen molar-refractivity contribution in [3.8, 4) is 0 Å². The van der Waals surface area contributed by atoms with Crippen LogP contribution in [0.4, 0.5) is 0 Å². The number of sulfonamides is 1. The molecule has 0 aliphatic rings. The topological polar surface area (TPSA) is 85.4 Å². The maximum absolute atomic E-state index is 11.8. The Balaban J connectivity index is 2.90. The minimum absolute atomic E-state index is 0.123. The molecule has 0 unspecified atom stereocenters. The highest BCUT2D eigenvalue weighted by Gasteiger charge is 2.25. The molecule has 0 bridgehead atoms. The van der Waals surface area contributed by atoms with E-state index in [-0.39, 0.29) is 5.03 Å². The van der Waals surface area contributed by atoms with Gasteiger partial charge in [-0.2, -0.15) is 4.72 Å². The van der Waals surface area contributed by atoms with E-state index in [2.05, 4.69) is 14.4 Å². The van der Waals surface area contributed by atoms with Gasteiger partial charge in [-0.1, -0.05) is 13.0 Å². The van der Waals surface area contributed by atoms with Crippen molar-refractivity contribution in [1.29, 1.82) is 0 Å². The molecule has 0 amide bonds. The van der Waals surface area contributed by atoms with E-state index in [4.69, 9.17) is 0 Å². The predicted molar refractivity (Wildman–Crippen MR) is 60.7 cm³/mol. The Kier molecular flexibility index (Phi) is 4.59. The Labute approximate surface area is 100 Å². The van der Waals surface area contributed by atoms with Gasteiger partial charge in [0.25, 0.3) is 10.0 Å². The first-order chi connectivity index (χ1) is 8.01. The summed E-state index contributed by atoms with van der Waals surface area (Å²) in [4.78, 5) is 15.0. The molecule has 6 nitrogen and oxygen atoms in total. The molecule has 0 aliphatic carbocycles. The van der Waals surface area contributed by atoms with Crippen LogP contribution in [0, 0.1) is 0 Å². The van der Waals surface area contributed by atoms with Crippen molar-refractivity contribution in [2.24, 2.45) is 0 Å². The van der Waals surface area contributed by atoms with Crippen LogP contribution >= 0.6 is 0 Å². The average molecular weight is 258 g/mol. The molecule has 94 valence electrons. The Bertz CT molecular complexity index is 472. The highest BCUT2D eigenvalue weighted by Crippen LogP contribution is 2.06. The van der Waals surface area contributed by atoms with E-state index >= 15 is 0 Å². The number of rotatable bonds is 5.